The highest BCUT2D eigenvalue weighted by Crippen LogP contribution is 2.22. The van der Waals surface area contributed by atoms with Gasteiger partial charge in [0, 0.05) is 23.4 Å². The Morgan fingerprint density at radius 2 is 2.14 bits per heavy atom. The minimum atomic E-state index is -0.854. The molecule has 5 heteroatoms. The number of benzene rings is 1. The predicted octanol–water partition coefficient (Wildman–Crippen LogP) is 2.65. The van der Waals surface area contributed by atoms with Gasteiger partial charge in [0.2, 0.25) is 5.91 Å². The van der Waals surface area contributed by atoms with Crippen molar-refractivity contribution in [3.05, 3.63) is 35.6 Å². The van der Waals surface area contributed by atoms with Crippen molar-refractivity contribution in [1.82, 2.24) is 5.32 Å². The Hall–Kier alpha value is -2.30. The van der Waals surface area contributed by atoms with E-state index < -0.39 is 5.97 Å². The Morgan fingerprint density at radius 1 is 1.38 bits per heavy atom. The zero-order chi connectivity index (χ0) is 15.4. The van der Waals surface area contributed by atoms with Gasteiger partial charge in [-0.3, -0.25) is 9.59 Å². The number of carboxylic acids is 1. The van der Waals surface area contributed by atoms with Gasteiger partial charge >= 0.3 is 5.97 Å². The first-order valence-electron chi connectivity index (χ1n) is 6.93. The number of furan rings is 1. The van der Waals surface area contributed by atoms with Gasteiger partial charge in [-0.1, -0.05) is 12.1 Å². The molecule has 2 aromatic rings. The van der Waals surface area contributed by atoms with Gasteiger partial charge in [-0.05, 0) is 31.9 Å². The summed E-state index contributed by atoms with van der Waals surface area (Å²) in [6, 6.07) is 5.71. The molecule has 1 aromatic heterocycles. The van der Waals surface area contributed by atoms with Crippen molar-refractivity contribution in [2.75, 3.05) is 0 Å². The lowest BCUT2D eigenvalue weighted by atomic mass is 10.1. The average molecular weight is 289 g/mol. The van der Waals surface area contributed by atoms with E-state index in [2.05, 4.69) is 5.32 Å². The molecule has 112 valence electrons. The van der Waals surface area contributed by atoms with Crippen LogP contribution in [0, 0.1) is 6.92 Å². The Balaban J connectivity index is 1.96. The van der Waals surface area contributed by atoms with Crippen molar-refractivity contribution < 1.29 is 19.1 Å². The molecule has 0 aliphatic rings. The predicted molar refractivity (Wildman–Crippen MR) is 79.1 cm³/mol. The highest BCUT2D eigenvalue weighted by Gasteiger charge is 2.13. The van der Waals surface area contributed by atoms with E-state index in [9.17, 15) is 9.59 Å². The molecular formula is C16H19NO4. The molecule has 0 aliphatic heterocycles. The summed E-state index contributed by atoms with van der Waals surface area (Å²) < 4.78 is 5.46. The lowest BCUT2D eigenvalue weighted by Gasteiger charge is -2.12. The van der Waals surface area contributed by atoms with Crippen molar-refractivity contribution >= 4 is 22.8 Å². The molecule has 0 spiro atoms. The van der Waals surface area contributed by atoms with Crippen LogP contribution in [0.2, 0.25) is 0 Å². The van der Waals surface area contributed by atoms with E-state index >= 15 is 0 Å². The number of aryl methyl sites for hydroxylation is 1. The van der Waals surface area contributed by atoms with Crippen LogP contribution in [0.1, 0.15) is 30.9 Å². The van der Waals surface area contributed by atoms with E-state index in [1.54, 1.807) is 13.2 Å². The highest BCUT2D eigenvalue weighted by molar-refractivity contribution is 5.88. The molecule has 1 aromatic carbocycles. The summed E-state index contributed by atoms with van der Waals surface area (Å²) in [5.41, 5.74) is 2.72. The maximum absolute atomic E-state index is 12.0. The van der Waals surface area contributed by atoms with Gasteiger partial charge in [0.15, 0.2) is 0 Å². The Kier molecular flexibility index (Phi) is 4.62. The second-order valence-corrected chi connectivity index (χ2v) is 5.34. The van der Waals surface area contributed by atoms with Crippen molar-refractivity contribution in [3.8, 4) is 0 Å². The standard InChI is InChI=1S/C16H19NO4/c1-10-3-5-13-12(9-21-14(13)7-10)8-15(18)17-11(2)4-6-16(19)20/h3,5,7,9,11H,4,6,8H2,1-2H3,(H,17,18)(H,19,20). The summed E-state index contributed by atoms with van der Waals surface area (Å²) in [5.74, 6) is -0.983. The van der Waals surface area contributed by atoms with Crippen LogP contribution in [0.5, 0.6) is 0 Å². The minimum absolute atomic E-state index is 0.0510. The Morgan fingerprint density at radius 3 is 2.86 bits per heavy atom. The summed E-state index contributed by atoms with van der Waals surface area (Å²) in [6.07, 6.45) is 2.31. The summed E-state index contributed by atoms with van der Waals surface area (Å²) in [7, 11) is 0. The van der Waals surface area contributed by atoms with Gasteiger partial charge in [0.05, 0.1) is 12.7 Å². The molecule has 0 radical (unpaired) electrons. The fraction of sp³-hybridized carbons (Fsp3) is 0.375. The number of hydrogen-bond acceptors (Lipinski definition) is 3. The fourth-order valence-electron chi connectivity index (χ4n) is 2.24. The minimum Gasteiger partial charge on any atom is -0.481 e. The summed E-state index contributed by atoms with van der Waals surface area (Å²) >= 11 is 0. The largest absolute Gasteiger partial charge is 0.481 e. The second-order valence-electron chi connectivity index (χ2n) is 5.34. The Bertz CT molecular complexity index is 659. The molecule has 21 heavy (non-hydrogen) atoms. The maximum Gasteiger partial charge on any atom is 0.303 e. The quantitative estimate of drug-likeness (QED) is 0.856. The third kappa shape index (κ3) is 4.08. The van der Waals surface area contributed by atoms with E-state index in [1.165, 1.54) is 0 Å². The summed E-state index contributed by atoms with van der Waals surface area (Å²) in [5, 5.41) is 12.4. The first-order valence-corrected chi connectivity index (χ1v) is 6.93. The molecule has 0 saturated carbocycles. The van der Waals surface area contributed by atoms with Crippen LogP contribution >= 0.6 is 0 Å². The van der Waals surface area contributed by atoms with Crippen LogP contribution in [0.4, 0.5) is 0 Å². The number of amides is 1. The molecule has 0 bridgehead atoms. The van der Waals surface area contributed by atoms with Gasteiger partial charge in [-0.2, -0.15) is 0 Å². The second kappa shape index (κ2) is 6.43. The lowest BCUT2D eigenvalue weighted by molar-refractivity contribution is -0.137. The molecule has 1 atom stereocenters. The number of fused-ring (bicyclic) bond motifs is 1. The third-order valence-corrected chi connectivity index (χ3v) is 3.36. The maximum atomic E-state index is 12.0. The van der Waals surface area contributed by atoms with Crippen LogP contribution in [0.25, 0.3) is 11.0 Å². The van der Waals surface area contributed by atoms with Crippen LogP contribution in [-0.4, -0.2) is 23.0 Å². The van der Waals surface area contributed by atoms with E-state index in [0.717, 1.165) is 22.1 Å². The number of aliphatic carboxylic acids is 1. The number of carbonyl (C=O) groups is 2. The van der Waals surface area contributed by atoms with Crippen molar-refractivity contribution in [3.63, 3.8) is 0 Å². The number of hydrogen-bond donors (Lipinski definition) is 2. The first kappa shape index (κ1) is 15.1. The van der Waals surface area contributed by atoms with Gasteiger partial charge < -0.3 is 14.8 Å². The van der Waals surface area contributed by atoms with Crippen LogP contribution < -0.4 is 5.32 Å². The average Bonchev–Trinajstić information content (AvgIpc) is 2.78. The Labute approximate surface area is 122 Å². The topological polar surface area (TPSA) is 79.5 Å². The monoisotopic (exact) mass is 289 g/mol. The molecule has 2 rings (SSSR count). The molecule has 0 saturated heterocycles. The fourth-order valence-corrected chi connectivity index (χ4v) is 2.24. The zero-order valence-corrected chi connectivity index (χ0v) is 12.2. The number of carbonyl (C=O) groups excluding carboxylic acids is 1. The first-order chi connectivity index (χ1) is 9.95. The molecule has 5 nitrogen and oxygen atoms in total. The van der Waals surface area contributed by atoms with E-state index in [1.807, 2.05) is 25.1 Å². The van der Waals surface area contributed by atoms with Gasteiger partial charge in [0.1, 0.15) is 5.58 Å². The number of carboxylic acid groups (broad SMARTS) is 1. The van der Waals surface area contributed by atoms with Gasteiger partial charge in [-0.25, -0.2) is 0 Å². The van der Waals surface area contributed by atoms with Crippen LogP contribution in [0.15, 0.2) is 28.9 Å². The van der Waals surface area contributed by atoms with Gasteiger partial charge in [-0.15, -0.1) is 0 Å². The summed E-state index contributed by atoms with van der Waals surface area (Å²) in [4.78, 5) is 22.5. The SMILES string of the molecule is Cc1ccc2c(CC(=O)NC(C)CCC(=O)O)coc2c1. The molecular weight excluding hydrogens is 270 g/mol. The number of rotatable bonds is 6. The zero-order valence-electron chi connectivity index (χ0n) is 12.2. The van der Waals surface area contributed by atoms with Gasteiger partial charge in [0.25, 0.3) is 0 Å². The molecule has 1 amide bonds. The molecule has 0 fully saturated rings. The van der Waals surface area contributed by atoms with Crippen LogP contribution in [0.3, 0.4) is 0 Å². The van der Waals surface area contributed by atoms with Crippen LogP contribution in [-0.2, 0) is 16.0 Å². The van der Waals surface area contributed by atoms with E-state index in [-0.39, 0.29) is 24.8 Å². The third-order valence-electron chi connectivity index (χ3n) is 3.36. The van der Waals surface area contributed by atoms with E-state index in [0.29, 0.717) is 6.42 Å². The smallest absolute Gasteiger partial charge is 0.303 e. The number of nitrogens with one attached hydrogen (secondary N) is 1. The normalized spacial score (nSPS) is 12.3. The lowest BCUT2D eigenvalue weighted by Crippen LogP contribution is -2.34. The molecule has 1 heterocycles. The summed E-state index contributed by atoms with van der Waals surface area (Å²) in [6.45, 7) is 3.79. The van der Waals surface area contributed by atoms with Crippen molar-refractivity contribution in [2.24, 2.45) is 0 Å². The molecule has 0 aliphatic carbocycles. The van der Waals surface area contributed by atoms with E-state index in [4.69, 9.17) is 9.52 Å². The molecule has 1 unspecified atom stereocenters. The van der Waals surface area contributed by atoms with Crippen molar-refractivity contribution in [1.29, 1.82) is 0 Å². The highest BCUT2D eigenvalue weighted by atomic mass is 16.4. The molecule has 2 N–H and O–H groups in total. The van der Waals surface area contributed by atoms with Crippen molar-refractivity contribution in [2.45, 2.75) is 39.2 Å².